The fraction of sp³-hybridized carbons (Fsp3) is 0.357. The van der Waals surface area contributed by atoms with E-state index >= 15 is 0 Å². The minimum atomic E-state index is -0.284. The van der Waals surface area contributed by atoms with Gasteiger partial charge in [-0.1, -0.05) is 42.5 Å². The molecular formula is C28H33N3O3S. The van der Waals surface area contributed by atoms with Crippen molar-refractivity contribution in [1.82, 2.24) is 9.80 Å². The van der Waals surface area contributed by atoms with Crippen molar-refractivity contribution in [2.24, 2.45) is 0 Å². The van der Waals surface area contributed by atoms with Crippen LogP contribution in [0.25, 0.3) is 0 Å². The highest BCUT2D eigenvalue weighted by atomic mass is 32.1. The van der Waals surface area contributed by atoms with Gasteiger partial charge in [-0.3, -0.25) is 4.79 Å². The molecule has 1 atom stereocenters. The molecule has 1 saturated heterocycles. The van der Waals surface area contributed by atoms with Gasteiger partial charge >= 0.3 is 6.03 Å². The molecule has 2 aromatic carbocycles. The van der Waals surface area contributed by atoms with Crippen LogP contribution in [0, 0.1) is 13.8 Å². The highest BCUT2D eigenvalue weighted by Crippen LogP contribution is 2.19. The van der Waals surface area contributed by atoms with Gasteiger partial charge in [-0.05, 0) is 67.0 Å². The van der Waals surface area contributed by atoms with Crippen LogP contribution in [0.2, 0.25) is 0 Å². The Morgan fingerprint density at radius 1 is 1.00 bits per heavy atom. The normalized spacial score (nSPS) is 15.1. The molecule has 2 heterocycles. The number of benzene rings is 2. The molecule has 0 saturated carbocycles. The smallest absolute Gasteiger partial charge is 0.322 e. The highest BCUT2D eigenvalue weighted by Gasteiger charge is 2.27. The van der Waals surface area contributed by atoms with Crippen LogP contribution in [0.3, 0.4) is 0 Å². The fourth-order valence-electron chi connectivity index (χ4n) is 4.17. The maximum atomic E-state index is 13.6. The second-order valence-electron chi connectivity index (χ2n) is 9.06. The summed E-state index contributed by atoms with van der Waals surface area (Å²) in [4.78, 5) is 31.4. The molecule has 1 aliphatic rings. The zero-order valence-corrected chi connectivity index (χ0v) is 21.2. The van der Waals surface area contributed by atoms with Crippen molar-refractivity contribution in [3.8, 4) is 0 Å². The Hall–Kier alpha value is -3.16. The van der Waals surface area contributed by atoms with Gasteiger partial charge in [0.05, 0.1) is 12.6 Å². The molecule has 4 rings (SSSR count). The van der Waals surface area contributed by atoms with Crippen molar-refractivity contribution in [1.29, 1.82) is 0 Å². The Morgan fingerprint density at radius 2 is 1.83 bits per heavy atom. The zero-order valence-electron chi connectivity index (χ0n) is 20.4. The lowest BCUT2D eigenvalue weighted by atomic mass is 10.1. The van der Waals surface area contributed by atoms with Gasteiger partial charge in [-0.2, -0.15) is 0 Å². The van der Waals surface area contributed by atoms with Gasteiger partial charge in [0.2, 0.25) is 5.91 Å². The SMILES string of the molecule is Cc1ccc(NC(=O)N(CC(=O)N(Cc2ccccc2)Cc2cccs2)CC2CCCO2)cc1C. The summed E-state index contributed by atoms with van der Waals surface area (Å²) in [5.74, 6) is -0.0875. The molecule has 1 unspecified atom stereocenters. The molecule has 1 aromatic heterocycles. The zero-order chi connectivity index (χ0) is 24.6. The summed E-state index contributed by atoms with van der Waals surface area (Å²) in [6.07, 6.45) is 1.82. The van der Waals surface area contributed by atoms with Crippen LogP contribution >= 0.6 is 11.3 Å². The van der Waals surface area contributed by atoms with Crippen LogP contribution in [-0.2, 0) is 22.6 Å². The number of amides is 3. The molecule has 184 valence electrons. The number of anilines is 1. The van der Waals surface area contributed by atoms with Gasteiger partial charge in [-0.25, -0.2) is 4.79 Å². The summed E-state index contributed by atoms with van der Waals surface area (Å²) < 4.78 is 5.80. The lowest BCUT2D eigenvalue weighted by Crippen LogP contribution is -2.46. The molecule has 3 aromatic rings. The maximum Gasteiger partial charge on any atom is 0.322 e. The van der Waals surface area contributed by atoms with Gasteiger partial charge in [-0.15, -0.1) is 11.3 Å². The number of hydrogen-bond acceptors (Lipinski definition) is 4. The first-order valence-electron chi connectivity index (χ1n) is 12.1. The van der Waals surface area contributed by atoms with Gasteiger partial charge < -0.3 is 19.9 Å². The van der Waals surface area contributed by atoms with Gasteiger partial charge in [0.25, 0.3) is 0 Å². The first-order chi connectivity index (χ1) is 17.0. The van der Waals surface area contributed by atoms with E-state index in [1.165, 1.54) is 5.56 Å². The summed E-state index contributed by atoms with van der Waals surface area (Å²) in [6, 6.07) is 19.5. The summed E-state index contributed by atoms with van der Waals surface area (Å²) in [5.41, 5.74) is 4.05. The number of aryl methyl sites for hydroxylation is 2. The van der Waals surface area contributed by atoms with Crippen LogP contribution in [0.5, 0.6) is 0 Å². The summed E-state index contributed by atoms with van der Waals surface area (Å²) in [6.45, 7) is 6.14. The molecule has 35 heavy (non-hydrogen) atoms. The van der Waals surface area contributed by atoms with Crippen LogP contribution < -0.4 is 5.32 Å². The van der Waals surface area contributed by atoms with E-state index in [1.807, 2.05) is 84.8 Å². The first kappa shape index (κ1) is 24.9. The Morgan fingerprint density at radius 3 is 2.51 bits per heavy atom. The largest absolute Gasteiger partial charge is 0.376 e. The number of ether oxygens (including phenoxy) is 1. The lowest BCUT2D eigenvalue weighted by Gasteiger charge is -2.29. The van der Waals surface area contributed by atoms with E-state index in [1.54, 1.807) is 16.2 Å². The number of nitrogens with zero attached hydrogens (tertiary/aromatic N) is 2. The number of carbonyl (C=O) groups is 2. The Kier molecular flexibility index (Phi) is 8.55. The Labute approximate surface area is 211 Å². The molecule has 0 spiro atoms. The fourth-order valence-corrected chi connectivity index (χ4v) is 4.88. The van der Waals surface area contributed by atoms with E-state index in [4.69, 9.17) is 4.74 Å². The van der Waals surface area contributed by atoms with Crippen LogP contribution in [0.15, 0.2) is 66.0 Å². The molecule has 3 amide bonds. The number of carbonyl (C=O) groups excluding carboxylic acids is 2. The Balaban J connectivity index is 1.50. The first-order valence-corrected chi connectivity index (χ1v) is 12.9. The minimum absolute atomic E-state index is 0.00521. The molecule has 6 nitrogen and oxygen atoms in total. The summed E-state index contributed by atoms with van der Waals surface area (Å²) in [5, 5.41) is 5.00. The van der Waals surface area contributed by atoms with Gasteiger partial charge in [0, 0.05) is 30.3 Å². The molecule has 7 heteroatoms. The third-order valence-corrected chi connectivity index (χ3v) is 7.18. The molecule has 1 aliphatic heterocycles. The van der Waals surface area contributed by atoms with Crippen molar-refractivity contribution < 1.29 is 14.3 Å². The van der Waals surface area contributed by atoms with Crippen molar-refractivity contribution >= 4 is 29.0 Å². The molecule has 1 fully saturated rings. The Bertz CT molecular complexity index is 1110. The molecule has 0 bridgehead atoms. The van der Waals surface area contributed by atoms with Crippen molar-refractivity contribution in [2.75, 3.05) is 25.0 Å². The summed E-state index contributed by atoms with van der Waals surface area (Å²) in [7, 11) is 0. The number of nitrogens with one attached hydrogen (secondary N) is 1. The van der Waals surface area contributed by atoms with E-state index in [2.05, 4.69) is 5.32 Å². The standard InChI is InChI=1S/C28H33N3O3S/c1-21-12-13-24(16-22(21)2)29-28(33)31(18-25-10-6-14-34-25)20-27(32)30(19-26-11-7-15-35-26)17-23-8-4-3-5-9-23/h3-5,7-9,11-13,15-16,25H,6,10,14,17-20H2,1-2H3,(H,29,33). The van der Waals surface area contributed by atoms with E-state index in [0.29, 0.717) is 26.2 Å². The molecule has 0 aliphatic carbocycles. The second-order valence-corrected chi connectivity index (χ2v) is 10.1. The average molecular weight is 492 g/mol. The third-order valence-electron chi connectivity index (χ3n) is 6.32. The van der Waals surface area contributed by atoms with E-state index in [9.17, 15) is 9.59 Å². The average Bonchev–Trinajstić information content (AvgIpc) is 3.56. The second kappa shape index (κ2) is 12.0. The monoisotopic (exact) mass is 491 g/mol. The van der Waals surface area contributed by atoms with Crippen molar-refractivity contribution in [3.05, 3.63) is 87.6 Å². The maximum absolute atomic E-state index is 13.6. The van der Waals surface area contributed by atoms with E-state index in [-0.39, 0.29) is 24.6 Å². The number of urea groups is 1. The summed E-state index contributed by atoms with van der Waals surface area (Å²) >= 11 is 1.63. The van der Waals surface area contributed by atoms with Crippen LogP contribution in [0.4, 0.5) is 10.5 Å². The molecule has 0 radical (unpaired) electrons. The highest BCUT2D eigenvalue weighted by molar-refractivity contribution is 7.09. The van der Waals surface area contributed by atoms with Crippen molar-refractivity contribution in [2.45, 2.75) is 45.9 Å². The molecular weight excluding hydrogens is 458 g/mol. The van der Waals surface area contributed by atoms with Gasteiger partial charge in [0.15, 0.2) is 0 Å². The quantitative estimate of drug-likeness (QED) is 0.423. The van der Waals surface area contributed by atoms with E-state index in [0.717, 1.165) is 34.5 Å². The third kappa shape index (κ3) is 7.16. The van der Waals surface area contributed by atoms with Gasteiger partial charge in [0.1, 0.15) is 6.54 Å². The number of hydrogen-bond donors (Lipinski definition) is 1. The van der Waals surface area contributed by atoms with E-state index < -0.39 is 0 Å². The molecule has 1 N–H and O–H groups in total. The lowest BCUT2D eigenvalue weighted by molar-refractivity contribution is -0.133. The van der Waals surface area contributed by atoms with Crippen molar-refractivity contribution in [3.63, 3.8) is 0 Å². The topological polar surface area (TPSA) is 61.9 Å². The number of rotatable bonds is 9. The minimum Gasteiger partial charge on any atom is -0.376 e. The van der Waals surface area contributed by atoms with Crippen LogP contribution in [0.1, 0.15) is 34.4 Å². The predicted molar refractivity (Wildman–Crippen MR) is 140 cm³/mol. The van der Waals surface area contributed by atoms with Crippen LogP contribution in [-0.4, -0.2) is 47.5 Å². The number of thiophene rings is 1. The predicted octanol–water partition coefficient (Wildman–Crippen LogP) is 5.61.